The maximum atomic E-state index is 12.6. The summed E-state index contributed by atoms with van der Waals surface area (Å²) in [6, 6.07) is 15.9. The number of carbonyl (C=O) groups is 1. The third kappa shape index (κ3) is 2.51. The second-order valence-corrected chi connectivity index (χ2v) is 5.33. The number of ether oxygens (including phenoxy) is 1. The Morgan fingerprint density at radius 1 is 1.10 bits per heavy atom. The number of hydrogen-bond acceptors (Lipinski definition) is 2. The van der Waals surface area contributed by atoms with Crippen molar-refractivity contribution >= 4 is 11.6 Å². The zero-order chi connectivity index (χ0) is 14.8. The highest BCUT2D eigenvalue weighted by atomic mass is 16.5. The van der Waals surface area contributed by atoms with Gasteiger partial charge < -0.3 is 9.64 Å². The topological polar surface area (TPSA) is 29.5 Å². The molecule has 0 saturated carbocycles. The summed E-state index contributed by atoms with van der Waals surface area (Å²) >= 11 is 0. The quantitative estimate of drug-likeness (QED) is 0.858. The molecule has 0 radical (unpaired) electrons. The molecule has 0 aromatic heterocycles. The summed E-state index contributed by atoms with van der Waals surface area (Å²) in [7, 11) is 0. The molecule has 0 N–H and O–H groups in total. The molecule has 1 heterocycles. The summed E-state index contributed by atoms with van der Waals surface area (Å²) in [4.78, 5) is 14.5. The van der Waals surface area contributed by atoms with Crippen LogP contribution in [0.2, 0.25) is 0 Å². The summed E-state index contributed by atoms with van der Waals surface area (Å²) in [5, 5.41) is 0. The van der Waals surface area contributed by atoms with Gasteiger partial charge >= 0.3 is 0 Å². The highest BCUT2D eigenvalue weighted by Gasteiger charge is 2.33. The highest BCUT2D eigenvalue weighted by molar-refractivity contribution is 5.99. The van der Waals surface area contributed by atoms with Crippen molar-refractivity contribution in [1.82, 2.24) is 0 Å². The van der Waals surface area contributed by atoms with E-state index in [-0.39, 0.29) is 12.0 Å². The summed E-state index contributed by atoms with van der Waals surface area (Å²) in [5.74, 6) is 0.831. The van der Waals surface area contributed by atoms with E-state index in [1.807, 2.05) is 48.2 Å². The van der Waals surface area contributed by atoms with Crippen LogP contribution in [0.25, 0.3) is 0 Å². The first-order chi connectivity index (χ1) is 10.2. The van der Waals surface area contributed by atoms with E-state index in [1.165, 1.54) is 5.56 Å². The Morgan fingerprint density at radius 3 is 2.57 bits per heavy atom. The average molecular weight is 281 g/mol. The zero-order valence-electron chi connectivity index (χ0n) is 12.4. The van der Waals surface area contributed by atoms with Crippen molar-refractivity contribution in [2.75, 3.05) is 4.90 Å². The number of nitrogens with zero attached hydrogens (tertiary/aromatic N) is 1. The minimum atomic E-state index is -0.385. The smallest absolute Gasteiger partial charge is 0.268 e. The zero-order valence-corrected chi connectivity index (χ0v) is 12.4. The summed E-state index contributed by atoms with van der Waals surface area (Å²) in [5.41, 5.74) is 3.22. The van der Waals surface area contributed by atoms with E-state index in [9.17, 15) is 4.79 Å². The maximum Gasteiger partial charge on any atom is 0.268 e. The predicted molar refractivity (Wildman–Crippen MR) is 83.5 cm³/mol. The molecule has 3 rings (SSSR count). The molecule has 0 spiro atoms. The Balaban J connectivity index is 1.99. The molecule has 108 valence electrons. The molecule has 3 nitrogen and oxygen atoms in total. The minimum absolute atomic E-state index is 0.0412. The van der Waals surface area contributed by atoms with Gasteiger partial charge in [0.2, 0.25) is 0 Å². The number of hydrogen-bond donors (Lipinski definition) is 0. The monoisotopic (exact) mass is 281 g/mol. The molecular formula is C18H19NO2. The number of fused-ring (bicyclic) bond motifs is 1. The minimum Gasteiger partial charge on any atom is -0.478 e. The average Bonchev–Trinajstić information content (AvgIpc) is 2.51. The van der Waals surface area contributed by atoms with Crippen LogP contribution in [0.3, 0.4) is 0 Å². The lowest BCUT2D eigenvalue weighted by molar-refractivity contribution is -0.126. The molecule has 1 aliphatic heterocycles. The molecule has 0 fully saturated rings. The van der Waals surface area contributed by atoms with Crippen molar-refractivity contribution in [3.05, 3.63) is 59.7 Å². The molecule has 2 aromatic rings. The van der Waals surface area contributed by atoms with Crippen LogP contribution in [0.5, 0.6) is 5.75 Å². The summed E-state index contributed by atoms with van der Waals surface area (Å²) < 4.78 is 5.80. The first-order valence-corrected chi connectivity index (χ1v) is 7.32. The molecule has 0 aliphatic carbocycles. The second kappa shape index (κ2) is 5.60. The van der Waals surface area contributed by atoms with E-state index >= 15 is 0 Å². The van der Waals surface area contributed by atoms with Gasteiger partial charge in [-0.15, -0.1) is 0 Å². The summed E-state index contributed by atoms with van der Waals surface area (Å²) in [6.07, 6.45) is 0.293. The largest absolute Gasteiger partial charge is 0.478 e. The molecule has 1 atom stereocenters. The van der Waals surface area contributed by atoms with Crippen LogP contribution in [-0.4, -0.2) is 12.0 Å². The van der Waals surface area contributed by atoms with Crippen LogP contribution in [0.1, 0.15) is 24.5 Å². The van der Waals surface area contributed by atoms with E-state index in [0.29, 0.717) is 13.0 Å². The molecule has 1 amide bonds. The Kier molecular flexibility index (Phi) is 3.65. The Bertz CT molecular complexity index is 666. The van der Waals surface area contributed by atoms with Crippen LogP contribution >= 0.6 is 0 Å². The fourth-order valence-corrected chi connectivity index (χ4v) is 2.65. The van der Waals surface area contributed by atoms with E-state index in [0.717, 1.165) is 17.0 Å². The van der Waals surface area contributed by atoms with Crippen molar-refractivity contribution in [2.24, 2.45) is 0 Å². The van der Waals surface area contributed by atoms with Crippen LogP contribution in [-0.2, 0) is 11.3 Å². The molecule has 0 bridgehead atoms. The first-order valence-electron chi connectivity index (χ1n) is 7.32. The second-order valence-electron chi connectivity index (χ2n) is 5.33. The van der Waals surface area contributed by atoms with Gasteiger partial charge in [-0.05, 0) is 36.6 Å². The molecule has 0 saturated heterocycles. The van der Waals surface area contributed by atoms with Gasteiger partial charge in [-0.25, -0.2) is 0 Å². The van der Waals surface area contributed by atoms with Gasteiger partial charge in [-0.1, -0.05) is 43.3 Å². The van der Waals surface area contributed by atoms with Gasteiger partial charge in [0.1, 0.15) is 5.75 Å². The van der Waals surface area contributed by atoms with Crippen molar-refractivity contribution in [1.29, 1.82) is 0 Å². The normalized spacial score (nSPS) is 17.3. The highest BCUT2D eigenvalue weighted by Crippen LogP contribution is 2.35. The standard InChI is InChI=1S/C18H19NO2/c1-3-16-18(20)19(12-14-9-5-4-8-13(14)2)15-10-6-7-11-17(15)21-16/h4-11,16H,3,12H2,1-2H3/t16-/m1/s1. The van der Waals surface area contributed by atoms with Gasteiger partial charge in [-0.2, -0.15) is 0 Å². The predicted octanol–water partition coefficient (Wildman–Crippen LogP) is 3.70. The van der Waals surface area contributed by atoms with Crippen LogP contribution < -0.4 is 9.64 Å². The SMILES string of the molecule is CC[C@H]1Oc2ccccc2N(Cc2ccccc2C)C1=O. The Labute approximate surface area is 125 Å². The van der Waals surface area contributed by atoms with E-state index < -0.39 is 0 Å². The van der Waals surface area contributed by atoms with Crippen molar-refractivity contribution in [3.8, 4) is 5.75 Å². The lowest BCUT2D eigenvalue weighted by atomic mass is 10.1. The molecular weight excluding hydrogens is 262 g/mol. The number of aryl methyl sites for hydroxylation is 1. The summed E-state index contributed by atoms with van der Waals surface area (Å²) in [6.45, 7) is 4.63. The number of amides is 1. The Hall–Kier alpha value is -2.29. The lowest BCUT2D eigenvalue weighted by Gasteiger charge is -2.34. The van der Waals surface area contributed by atoms with E-state index in [1.54, 1.807) is 0 Å². The van der Waals surface area contributed by atoms with Crippen LogP contribution in [0, 0.1) is 6.92 Å². The van der Waals surface area contributed by atoms with Gasteiger partial charge in [0.15, 0.2) is 6.10 Å². The third-order valence-electron chi connectivity index (χ3n) is 3.93. The van der Waals surface area contributed by atoms with Gasteiger partial charge in [0, 0.05) is 0 Å². The number of para-hydroxylation sites is 2. The van der Waals surface area contributed by atoms with Crippen LogP contribution in [0.15, 0.2) is 48.5 Å². The number of anilines is 1. The fraction of sp³-hybridized carbons (Fsp3) is 0.278. The van der Waals surface area contributed by atoms with E-state index in [2.05, 4.69) is 19.1 Å². The van der Waals surface area contributed by atoms with Crippen molar-refractivity contribution in [2.45, 2.75) is 32.9 Å². The number of carbonyl (C=O) groups excluding carboxylic acids is 1. The van der Waals surface area contributed by atoms with Crippen LogP contribution in [0.4, 0.5) is 5.69 Å². The molecule has 21 heavy (non-hydrogen) atoms. The van der Waals surface area contributed by atoms with E-state index in [4.69, 9.17) is 4.74 Å². The molecule has 3 heteroatoms. The number of rotatable bonds is 3. The van der Waals surface area contributed by atoms with Crippen molar-refractivity contribution in [3.63, 3.8) is 0 Å². The van der Waals surface area contributed by atoms with Gasteiger partial charge in [0.25, 0.3) is 5.91 Å². The molecule has 2 aromatic carbocycles. The van der Waals surface area contributed by atoms with Gasteiger partial charge in [0.05, 0.1) is 12.2 Å². The maximum absolute atomic E-state index is 12.6. The number of benzene rings is 2. The first kappa shape index (κ1) is 13.7. The van der Waals surface area contributed by atoms with Gasteiger partial charge in [-0.3, -0.25) is 4.79 Å². The fourth-order valence-electron chi connectivity index (χ4n) is 2.65. The van der Waals surface area contributed by atoms with Crippen molar-refractivity contribution < 1.29 is 9.53 Å². The lowest BCUT2D eigenvalue weighted by Crippen LogP contribution is -2.45. The Morgan fingerprint density at radius 2 is 1.81 bits per heavy atom. The third-order valence-corrected chi connectivity index (χ3v) is 3.93. The molecule has 0 unspecified atom stereocenters. The molecule has 1 aliphatic rings.